The van der Waals surface area contributed by atoms with E-state index < -0.39 is 23.9 Å². The highest BCUT2D eigenvalue weighted by Gasteiger charge is 2.31. The summed E-state index contributed by atoms with van der Waals surface area (Å²) in [6.45, 7) is 0. The zero-order valence-corrected chi connectivity index (χ0v) is 19.3. The van der Waals surface area contributed by atoms with Crippen molar-refractivity contribution in [3.8, 4) is 11.5 Å². The number of rotatable bonds is 4. The average molecular weight is 506 g/mol. The van der Waals surface area contributed by atoms with Crippen LogP contribution in [-0.4, -0.2) is 35.4 Å². The molecule has 4 aromatic rings. The summed E-state index contributed by atoms with van der Waals surface area (Å²) in [5.41, 5.74) is 0.855. The summed E-state index contributed by atoms with van der Waals surface area (Å²) in [5, 5.41) is 1.39. The molecule has 0 bridgehead atoms. The number of hydrogen-bond donors (Lipinski definition) is 0. The minimum absolute atomic E-state index is 0.00464. The third-order valence-corrected chi connectivity index (χ3v) is 6.26. The molecule has 0 amide bonds. The van der Waals surface area contributed by atoms with Gasteiger partial charge in [-0.15, -0.1) is 0 Å². The molecular weight excluding hydrogens is 492 g/mol. The number of cyclic esters (lactones) is 2. The monoisotopic (exact) mass is 506 g/mol. The normalized spacial score (nSPS) is 13.8. The van der Waals surface area contributed by atoms with Crippen LogP contribution >= 0.6 is 0 Å². The van der Waals surface area contributed by atoms with Crippen molar-refractivity contribution in [1.82, 2.24) is 0 Å². The molecule has 0 N–H and O–H groups in total. The van der Waals surface area contributed by atoms with Crippen molar-refractivity contribution in [3.63, 3.8) is 0 Å². The van der Waals surface area contributed by atoms with E-state index in [2.05, 4.69) is 4.74 Å². The van der Waals surface area contributed by atoms with Crippen LogP contribution in [0.15, 0.2) is 72.8 Å². The van der Waals surface area contributed by atoms with Crippen molar-refractivity contribution < 1.29 is 43.0 Å². The number of carbonyl (C=O) groups is 6. The molecule has 2 aliphatic rings. The van der Waals surface area contributed by atoms with Crippen LogP contribution in [0.25, 0.3) is 10.8 Å². The van der Waals surface area contributed by atoms with E-state index in [1.54, 1.807) is 36.4 Å². The van der Waals surface area contributed by atoms with E-state index in [4.69, 9.17) is 9.47 Å². The molecule has 0 aromatic heterocycles. The Bertz CT molecular complexity index is 1650. The summed E-state index contributed by atoms with van der Waals surface area (Å²) in [5.74, 6) is -3.07. The maximum Gasteiger partial charge on any atom is 0.346 e. The second-order valence-corrected chi connectivity index (χ2v) is 8.67. The van der Waals surface area contributed by atoms with Gasteiger partial charge in [-0.3, -0.25) is 9.59 Å². The molecule has 0 saturated carbocycles. The summed E-state index contributed by atoms with van der Waals surface area (Å²) < 4.78 is 15.4. The highest BCUT2D eigenvalue weighted by Crippen LogP contribution is 2.28. The molecule has 0 saturated heterocycles. The quantitative estimate of drug-likeness (QED) is 0.225. The molecule has 38 heavy (non-hydrogen) atoms. The molecule has 4 aromatic carbocycles. The second kappa shape index (κ2) is 8.59. The lowest BCUT2D eigenvalue weighted by molar-refractivity contribution is 0.0442. The lowest BCUT2D eigenvalue weighted by Gasteiger charge is -2.09. The Morgan fingerprint density at radius 2 is 1.05 bits per heavy atom. The molecule has 9 nitrogen and oxygen atoms in total. The fourth-order valence-corrected chi connectivity index (χ4v) is 4.35. The average Bonchev–Trinajstić information content (AvgIpc) is 3.36. The molecule has 1 aliphatic heterocycles. The Kier molecular flexibility index (Phi) is 5.20. The number of carbonyl (C=O) groups excluding carboxylic acids is 6. The highest BCUT2D eigenvalue weighted by atomic mass is 16.6. The number of benzene rings is 4. The van der Waals surface area contributed by atoms with E-state index in [9.17, 15) is 28.8 Å². The summed E-state index contributed by atoms with van der Waals surface area (Å²) in [7, 11) is 0. The van der Waals surface area contributed by atoms with Crippen molar-refractivity contribution >= 4 is 46.2 Å². The summed E-state index contributed by atoms with van der Waals surface area (Å²) in [4.78, 5) is 72.3. The molecule has 0 unspecified atom stereocenters. The first-order valence-corrected chi connectivity index (χ1v) is 11.4. The van der Waals surface area contributed by atoms with Gasteiger partial charge in [0, 0.05) is 11.1 Å². The van der Waals surface area contributed by atoms with Crippen LogP contribution in [0.4, 0.5) is 0 Å². The maximum absolute atomic E-state index is 12.6. The predicted molar refractivity (Wildman–Crippen MR) is 130 cm³/mol. The first kappa shape index (κ1) is 23.0. The first-order chi connectivity index (χ1) is 18.3. The van der Waals surface area contributed by atoms with Crippen molar-refractivity contribution in [2.75, 3.05) is 0 Å². The number of Topliss-reactive ketones (excluding diaryl/α,β-unsaturated/α-hetero) is 2. The van der Waals surface area contributed by atoms with Gasteiger partial charge in [0.2, 0.25) is 0 Å². The molecule has 0 atom stereocenters. The molecule has 6 rings (SSSR count). The summed E-state index contributed by atoms with van der Waals surface area (Å²) >= 11 is 0. The smallest absolute Gasteiger partial charge is 0.346 e. The van der Waals surface area contributed by atoms with Crippen LogP contribution in [0.3, 0.4) is 0 Å². The highest BCUT2D eigenvalue weighted by molar-refractivity contribution is 6.24. The predicted octanol–water partition coefficient (Wildman–Crippen LogP) is 4.36. The Morgan fingerprint density at radius 1 is 0.553 bits per heavy atom. The van der Waals surface area contributed by atoms with E-state index >= 15 is 0 Å². The van der Waals surface area contributed by atoms with Crippen molar-refractivity contribution in [3.05, 3.63) is 106 Å². The first-order valence-electron chi connectivity index (χ1n) is 11.4. The number of hydrogen-bond acceptors (Lipinski definition) is 9. The van der Waals surface area contributed by atoms with Gasteiger partial charge in [-0.05, 0) is 71.4 Å². The van der Waals surface area contributed by atoms with Gasteiger partial charge < -0.3 is 14.2 Å². The number of fused-ring (bicyclic) bond motifs is 3. The van der Waals surface area contributed by atoms with Crippen LogP contribution in [-0.2, 0) is 4.74 Å². The van der Waals surface area contributed by atoms with Gasteiger partial charge in [-0.2, -0.15) is 0 Å². The lowest BCUT2D eigenvalue weighted by Crippen LogP contribution is -2.10. The van der Waals surface area contributed by atoms with Gasteiger partial charge in [0.05, 0.1) is 28.7 Å². The van der Waals surface area contributed by atoms with Gasteiger partial charge in [0.15, 0.2) is 11.6 Å². The lowest BCUT2D eigenvalue weighted by atomic mass is 10.1. The number of esters is 4. The third-order valence-electron chi connectivity index (χ3n) is 6.26. The zero-order chi connectivity index (χ0) is 26.6. The van der Waals surface area contributed by atoms with Crippen molar-refractivity contribution in [2.24, 2.45) is 0 Å². The van der Waals surface area contributed by atoms with E-state index in [1.807, 2.05) is 0 Å². The Balaban J connectivity index is 1.18. The topological polar surface area (TPSA) is 130 Å². The van der Waals surface area contributed by atoms with Crippen molar-refractivity contribution in [1.29, 1.82) is 0 Å². The summed E-state index contributed by atoms with van der Waals surface area (Å²) in [6.07, 6.45) is -0.196. The van der Waals surface area contributed by atoms with E-state index in [1.165, 1.54) is 36.4 Å². The van der Waals surface area contributed by atoms with Crippen LogP contribution in [0.5, 0.6) is 11.5 Å². The van der Waals surface area contributed by atoms with Crippen LogP contribution in [0.1, 0.15) is 68.6 Å². The van der Waals surface area contributed by atoms with Crippen LogP contribution < -0.4 is 9.47 Å². The van der Waals surface area contributed by atoms with Crippen LogP contribution in [0.2, 0.25) is 0 Å². The standard InChI is InChI=1S/C29H14O9/c30-24-13-25(31)22-11-16(3-7-20(22)24)26(32)36-18-5-1-15-10-19(6-2-14(15)9-18)37-27(33)17-4-8-21-23(12-17)29(35)38-28(21)34/h1-12H,13H2. The number of ketones is 2. The molecule has 9 heteroatoms. The van der Waals surface area contributed by atoms with Gasteiger partial charge in [0.25, 0.3) is 0 Å². The SMILES string of the molecule is O=C(Oc1ccc2cc(OC(=O)c3ccc4c(c3)C(=O)OC4=O)ccc2c1)c1ccc2c(c1)C(=O)CC2=O. The molecule has 1 aliphatic carbocycles. The largest absolute Gasteiger partial charge is 0.423 e. The maximum atomic E-state index is 12.6. The molecule has 1 heterocycles. The minimum Gasteiger partial charge on any atom is -0.423 e. The van der Waals surface area contributed by atoms with E-state index in [0.717, 1.165) is 0 Å². The molecular formula is C29H14O9. The minimum atomic E-state index is -0.818. The van der Waals surface area contributed by atoms with E-state index in [0.29, 0.717) is 16.3 Å². The van der Waals surface area contributed by atoms with E-state index in [-0.39, 0.29) is 57.3 Å². The van der Waals surface area contributed by atoms with Crippen LogP contribution in [0, 0.1) is 0 Å². The fraction of sp³-hybridized carbons (Fsp3) is 0.0345. The van der Waals surface area contributed by atoms with Crippen molar-refractivity contribution in [2.45, 2.75) is 6.42 Å². The Hall–Kier alpha value is -5.44. The van der Waals surface area contributed by atoms with Gasteiger partial charge in [-0.25, -0.2) is 19.2 Å². The molecule has 184 valence electrons. The van der Waals surface area contributed by atoms with Gasteiger partial charge >= 0.3 is 23.9 Å². The zero-order valence-electron chi connectivity index (χ0n) is 19.3. The molecule has 0 fully saturated rings. The Morgan fingerprint density at radius 3 is 1.66 bits per heavy atom. The summed E-state index contributed by atoms with van der Waals surface area (Å²) in [6, 6.07) is 18.0. The second-order valence-electron chi connectivity index (χ2n) is 8.67. The fourth-order valence-electron chi connectivity index (χ4n) is 4.35. The van der Waals surface area contributed by atoms with Gasteiger partial charge in [-0.1, -0.05) is 12.1 Å². The Labute approximate surface area is 213 Å². The third kappa shape index (κ3) is 3.92. The number of ether oxygens (including phenoxy) is 3. The van der Waals surface area contributed by atoms with Gasteiger partial charge in [0.1, 0.15) is 11.5 Å². The molecule has 0 spiro atoms. The molecule has 0 radical (unpaired) electrons.